The maximum Gasteiger partial charge on any atom is 0.416 e. The van der Waals surface area contributed by atoms with Gasteiger partial charge in [-0.2, -0.15) is 13.2 Å². The predicted molar refractivity (Wildman–Crippen MR) is 156 cm³/mol. The summed E-state index contributed by atoms with van der Waals surface area (Å²) in [6.45, 7) is 7.19. The second-order valence-corrected chi connectivity index (χ2v) is 11.5. The lowest BCUT2D eigenvalue weighted by Gasteiger charge is -2.37. The van der Waals surface area contributed by atoms with Gasteiger partial charge in [-0.1, -0.05) is 17.8 Å². The Labute approximate surface area is 252 Å². The molecule has 0 aliphatic carbocycles. The van der Waals surface area contributed by atoms with Crippen LogP contribution in [0.4, 0.5) is 24.7 Å². The Morgan fingerprint density at radius 2 is 1.81 bits per heavy atom. The number of amides is 1. The van der Waals surface area contributed by atoms with Crippen LogP contribution in [0, 0.1) is 12.8 Å². The van der Waals surface area contributed by atoms with Crippen LogP contribution in [-0.2, 0) is 21.5 Å². The molecule has 0 spiro atoms. The van der Waals surface area contributed by atoms with Crippen molar-refractivity contribution in [2.24, 2.45) is 5.92 Å². The SMILES string of the molecule is CCOC(=O)C1CCCN(C(=O)c2ccc(CSc3nc(C)cc(N4CCN(c5cccc(C(F)(F)F)c5)CC4)n3)o2)C1. The van der Waals surface area contributed by atoms with Crippen molar-refractivity contribution >= 4 is 35.1 Å². The Bertz CT molecular complexity index is 1440. The number of ether oxygens (including phenoxy) is 1. The number of likely N-dealkylation sites (tertiary alicyclic amines) is 1. The fraction of sp³-hybridized carbons (Fsp3) is 0.467. The summed E-state index contributed by atoms with van der Waals surface area (Å²) in [5.41, 5.74) is 0.701. The Morgan fingerprint density at radius 3 is 2.56 bits per heavy atom. The third kappa shape index (κ3) is 7.62. The highest BCUT2D eigenvalue weighted by Gasteiger charge is 2.32. The summed E-state index contributed by atoms with van der Waals surface area (Å²) in [6.07, 6.45) is -2.95. The highest BCUT2D eigenvalue weighted by Crippen LogP contribution is 2.32. The van der Waals surface area contributed by atoms with Crippen molar-refractivity contribution in [3.8, 4) is 0 Å². The highest BCUT2D eigenvalue weighted by molar-refractivity contribution is 7.98. The van der Waals surface area contributed by atoms with Crippen molar-refractivity contribution in [2.75, 3.05) is 55.7 Å². The van der Waals surface area contributed by atoms with E-state index in [9.17, 15) is 22.8 Å². The van der Waals surface area contributed by atoms with Gasteiger partial charge in [-0.3, -0.25) is 9.59 Å². The number of halogens is 3. The van der Waals surface area contributed by atoms with E-state index in [-0.39, 0.29) is 23.6 Å². The largest absolute Gasteiger partial charge is 0.466 e. The number of anilines is 2. The number of piperazine rings is 1. The van der Waals surface area contributed by atoms with Crippen molar-refractivity contribution in [2.45, 2.75) is 43.8 Å². The molecule has 0 saturated carbocycles. The fourth-order valence-corrected chi connectivity index (χ4v) is 6.09. The lowest BCUT2D eigenvalue weighted by Crippen LogP contribution is -2.47. The standard InChI is InChI=1S/C30H34F3N5O4S/c1-3-41-28(40)21-6-5-11-38(18-21)27(39)25-10-9-24(42-25)19-43-29-34-20(2)16-26(35-29)37-14-12-36(13-15-37)23-8-4-7-22(17-23)30(31,32)33/h4,7-10,16-17,21H,3,5-6,11-15,18-19H2,1-2H3. The summed E-state index contributed by atoms with van der Waals surface area (Å²) in [5, 5.41) is 0.563. The summed E-state index contributed by atoms with van der Waals surface area (Å²) in [5.74, 6) is 1.17. The number of aromatic nitrogens is 2. The zero-order chi connectivity index (χ0) is 30.6. The molecule has 1 amide bonds. The zero-order valence-electron chi connectivity index (χ0n) is 24.1. The van der Waals surface area contributed by atoms with Crippen LogP contribution in [0.2, 0.25) is 0 Å². The second-order valence-electron chi connectivity index (χ2n) is 10.6. The topological polar surface area (TPSA) is 92.0 Å². The van der Waals surface area contributed by atoms with Crippen molar-refractivity contribution in [3.05, 3.63) is 65.2 Å². The number of nitrogens with zero attached hydrogens (tertiary/aromatic N) is 5. The molecule has 2 aliphatic rings. The monoisotopic (exact) mass is 617 g/mol. The number of esters is 1. The van der Waals surface area contributed by atoms with E-state index in [1.165, 1.54) is 23.9 Å². The molecule has 5 rings (SSSR count). The smallest absolute Gasteiger partial charge is 0.416 e. The quantitative estimate of drug-likeness (QED) is 0.186. The number of piperidine rings is 1. The van der Waals surface area contributed by atoms with Crippen molar-refractivity contribution in [1.82, 2.24) is 14.9 Å². The van der Waals surface area contributed by atoms with Gasteiger partial charge in [-0.15, -0.1) is 0 Å². The van der Waals surface area contributed by atoms with E-state index < -0.39 is 11.7 Å². The number of alkyl halides is 3. The molecule has 230 valence electrons. The average Bonchev–Trinajstić information content (AvgIpc) is 3.48. The number of carbonyl (C=O) groups excluding carboxylic acids is 2. The van der Waals surface area contributed by atoms with Gasteiger partial charge in [0.25, 0.3) is 5.91 Å². The number of aryl methyl sites for hydroxylation is 1. The molecule has 9 nitrogen and oxygen atoms in total. The van der Waals surface area contributed by atoms with Gasteiger partial charge in [0.05, 0.1) is 23.8 Å². The lowest BCUT2D eigenvalue weighted by molar-refractivity contribution is -0.149. The zero-order valence-corrected chi connectivity index (χ0v) is 24.9. The van der Waals surface area contributed by atoms with E-state index in [0.717, 1.165) is 24.0 Å². The summed E-state index contributed by atoms with van der Waals surface area (Å²) < 4.78 is 50.5. The molecule has 43 heavy (non-hydrogen) atoms. The first-order chi connectivity index (χ1) is 20.6. The van der Waals surface area contributed by atoms with Gasteiger partial charge in [0, 0.05) is 56.7 Å². The summed E-state index contributed by atoms with van der Waals surface area (Å²) in [6, 6.07) is 10.7. The number of hydrogen-bond donors (Lipinski definition) is 0. The summed E-state index contributed by atoms with van der Waals surface area (Å²) >= 11 is 1.39. The van der Waals surface area contributed by atoms with E-state index in [1.54, 1.807) is 30.0 Å². The molecule has 2 saturated heterocycles. The Balaban J connectivity index is 1.16. The maximum atomic E-state index is 13.2. The summed E-state index contributed by atoms with van der Waals surface area (Å²) in [4.78, 5) is 40.2. The van der Waals surface area contributed by atoms with Crippen molar-refractivity contribution in [3.63, 3.8) is 0 Å². The minimum Gasteiger partial charge on any atom is -0.466 e. The van der Waals surface area contributed by atoms with Gasteiger partial charge in [-0.05, 0) is 57.0 Å². The molecule has 1 atom stereocenters. The molecule has 3 aromatic rings. The van der Waals surface area contributed by atoms with E-state index in [2.05, 4.69) is 9.88 Å². The molecule has 2 aromatic heterocycles. The first kappa shape index (κ1) is 30.7. The van der Waals surface area contributed by atoms with Crippen LogP contribution in [-0.4, -0.2) is 72.6 Å². The van der Waals surface area contributed by atoms with Crippen molar-refractivity contribution < 1.29 is 31.9 Å². The van der Waals surface area contributed by atoms with Gasteiger partial charge in [-0.25, -0.2) is 9.97 Å². The molecule has 0 bridgehead atoms. The van der Waals surface area contributed by atoms with Gasteiger partial charge in [0.2, 0.25) is 0 Å². The van der Waals surface area contributed by atoms with E-state index in [4.69, 9.17) is 14.1 Å². The minimum atomic E-state index is -4.38. The third-order valence-electron chi connectivity index (χ3n) is 7.51. The van der Waals surface area contributed by atoms with Gasteiger partial charge >= 0.3 is 12.1 Å². The van der Waals surface area contributed by atoms with E-state index in [0.29, 0.717) is 74.7 Å². The first-order valence-corrected chi connectivity index (χ1v) is 15.3. The molecule has 1 unspecified atom stereocenters. The highest BCUT2D eigenvalue weighted by atomic mass is 32.2. The number of rotatable bonds is 8. The van der Waals surface area contributed by atoms with Gasteiger partial charge < -0.3 is 23.9 Å². The molecule has 1 aromatic carbocycles. The average molecular weight is 618 g/mol. The Hall–Kier alpha value is -3.74. The van der Waals surface area contributed by atoms with Crippen LogP contribution in [0.1, 0.15) is 47.3 Å². The third-order valence-corrected chi connectivity index (χ3v) is 8.38. The van der Waals surface area contributed by atoms with Crippen LogP contribution in [0.15, 0.2) is 52.0 Å². The second kappa shape index (κ2) is 13.3. The molecular formula is C30H34F3N5O4S. The van der Waals surface area contributed by atoms with Gasteiger partial charge in [0.15, 0.2) is 10.9 Å². The van der Waals surface area contributed by atoms with Gasteiger partial charge in [0.1, 0.15) is 11.6 Å². The number of furan rings is 1. The minimum absolute atomic E-state index is 0.226. The van der Waals surface area contributed by atoms with E-state index >= 15 is 0 Å². The number of thioether (sulfide) groups is 1. The van der Waals surface area contributed by atoms with Crippen LogP contribution >= 0.6 is 11.8 Å². The number of hydrogen-bond acceptors (Lipinski definition) is 9. The molecular weight excluding hydrogens is 583 g/mol. The Morgan fingerprint density at radius 1 is 1.05 bits per heavy atom. The fourth-order valence-electron chi connectivity index (χ4n) is 5.30. The predicted octanol–water partition coefficient (Wildman–Crippen LogP) is 5.43. The van der Waals surface area contributed by atoms with E-state index in [1.807, 2.05) is 17.9 Å². The molecule has 2 aliphatic heterocycles. The number of carbonyl (C=O) groups is 2. The molecule has 4 heterocycles. The van der Waals surface area contributed by atoms with Crippen LogP contribution < -0.4 is 9.80 Å². The maximum absolute atomic E-state index is 13.2. The Kier molecular flexibility index (Phi) is 9.48. The van der Waals surface area contributed by atoms with Crippen LogP contribution in [0.5, 0.6) is 0 Å². The molecule has 0 N–H and O–H groups in total. The molecule has 2 fully saturated rings. The lowest BCUT2D eigenvalue weighted by atomic mass is 9.98. The number of benzene rings is 1. The van der Waals surface area contributed by atoms with Crippen LogP contribution in [0.3, 0.4) is 0 Å². The summed E-state index contributed by atoms with van der Waals surface area (Å²) in [7, 11) is 0. The molecule has 13 heteroatoms. The van der Waals surface area contributed by atoms with Crippen LogP contribution in [0.25, 0.3) is 0 Å². The first-order valence-electron chi connectivity index (χ1n) is 14.3. The normalized spacial score (nSPS) is 17.7. The van der Waals surface area contributed by atoms with Crippen molar-refractivity contribution in [1.29, 1.82) is 0 Å². The molecule has 0 radical (unpaired) electrons.